The molecule has 3 rings (SSSR count). The van der Waals surface area contributed by atoms with E-state index in [-0.39, 0.29) is 10.8 Å². The van der Waals surface area contributed by atoms with Crippen molar-refractivity contribution >= 4 is 34.6 Å². The molecule has 0 saturated carbocycles. The lowest BCUT2D eigenvalue weighted by Gasteiger charge is -2.08. The predicted molar refractivity (Wildman–Crippen MR) is 85.8 cm³/mol. The number of aromatic carboxylic acids is 1. The number of fused-ring (bicyclic) bond motifs is 1. The topological polar surface area (TPSA) is 106 Å². The molecule has 0 spiro atoms. The Bertz CT molecular complexity index is 890. The molecule has 2 heterocycles. The zero-order valence-electron chi connectivity index (χ0n) is 11.2. The summed E-state index contributed by atoms with van der Waals surface area (Å²) in [6.07, 6.45) is 1.60. The summed E-state index contributed by atoms with van der Waals surface area (Å²) in [7, 11) is 0. The highest BCUT2D eigenvalue weighted by Gasteiger charge is 2.12. The van der Waals surface area contributed by atoms with Gasteiger partial charge in [-0.3, -0.25) is 0 Å². The molecule has 4 N–H and O–H groups in total. The van der Waals surface area contributed by atoms with Crippen LogP contribution in [0.1, 0.15) is 10.5 Å². The molecule has 0 atom stereocenters. The van der Waals surface area contributed by atoms with Crippen LogP contribution < -0.4 is 11.1 Å². The number of nitrogens with two attached hydrogens (primary N) is 1. The molecular weight excluding hydrogens is 302 g/mol. The van der Waals surface area contributed by atoms with Gasteiger partial charge in [0.15, 0.2) is 16.5 Å². The van der Waals surface area contributed by atoms with Crippen molar-refractivity contribution in [2.24, 2.45) is 5.73 Å². The van der Waals surface area contributed by atoms with Crippen molar-refractivity contribution in [2.75, 3.05) is 5.32 Å². The van der Waals surface area contributed by atoms with E-state index in [0.29, 0.717) is 11.3 Å². The highest BCUT2D eigenvalue weighted by molar-refractivity contribution is 7.80. The molecule has 0 aliphatic carbocycles. The van der Waals surface area contributed by atoms with Gasteiger partial charge in [-0.15, -0.1) is 0 Å². The summed E-state index contributed by atoms with van der Waals surface area (Å²) in [6.45, 7) is 0. The lowest BCUT2D eigenvalue weighted by molar-refractivity contribution is 0.0690. The fourth-order valence-corrected chi connectivity index (χ4v) is 2.23. The number of carboxylic acids is 1. The number of hydrogen-bond acceptors (Lipinski definition) is 4. The quantitative estimate of drug-likeness (QED) is 0.632. The van der Waals surface area contributed by atoms with Crippen LogP contribution >= 0.6 is 12.2 Å². The average molecular weight is 313 g/mol. The Kier molecular flexibility index (Phi) is 3.43. The molecular formula is C14H11N5O2S. The van der Waals surface area contributed by atoms with Crippen molar-refractivity contribution < 1.29 is 9.90 Å². The smallest absolute Gasteiger partial charge is 0.356 e. The predicted octanol–water partition coefficient (Wildman–Crippen LogP) is 1.75. The van der Waals surface area contributed by atoms with Gasteiger partial charge < -0.3 is 16.2 Å². The van der Waals surface area contributed by atoms with Crippen LogP contribution in [-0.2, 0) is 0 Å². The lowest BCUT2D eigenvalue weighted by Crippen LogP contribution is -2.18. The van der Waals surface area contributed by atoms with Crippen molar-refractivity contribution in [1.29, 1.82) is 0 Å². The van der Waals surface area contributed by atoms with E-state index in [4.69, 9.17) is 23.1 Å². The van der Waals surface area contributed by atoms with E-state index in [1.54, 1.807) is 12.3 Å². The Morgan fingerprint density at radius 3 is 2.86 bits per heavy atom. The Hall–Kier alpha value is -3.00. The summed E-state index contributed by atoms with van der Waals surface area (Å²) in [4.78, 5) is 15.2. The highest BCUT2D eigenvalue weighted by atomic mass is 32.1. The molecule has 0 aliphatic rings. The molecule has 0 amide bonds. The third-order valence-corrected chi connectivity index (χ3v) is 3.11. The number of nitrogens with one attached hydrogen (secondary N) is 1. The number of thiocarbonyl (C=S) groups is 1. The van der Waals surface area contributed by atoms with Gasteiger partial charge in [0, 0.05) is 23.5 Å². The van der Waals surface area contributed by atoms with Gasteiger partial charge in [0.05, 0.1) is 5.69 Å². The summed E-state index contributed by atoms with van der Waals surface area (Å²) in [6, 6.07) is 10.6. The van der Waals surface area contributed by atoms with Gasteiger partial charge in [0.25, 0.3) is 0 Å². The van der Waals surface area contributed by atoms with Gasteiger partial charge >= 0.3 is 5.97 Å². The maximum atomic E-state index is 11.1. The molecule has 2 aromatic heterocycles. The fraction of sp³-hybridized carbons (Fsp3) is 0. The summed E-state index contributed by atoms with van der Waals surface area (Å²) in [5.41, 5.74) is 8.15. The minimum absolute atomic E-state index is 0.0580. The molecule has 0 radical (unpaired) electrons. The van der Waals surface area contributed by atoms with E-state index >= 15 is 0 Å². The van der Waals surface area contributed by atoms with Gasteiger partial charge in [-0.05, 0) is 30.4 Å². The average Bonchev–Trinajstić information content (AvgIpc) is 2.91. The second-order valence-corrected chi connectivity index (χ2v) is 4.94. The number of rotatable bonds is 3. The first-order chi connectivity index (χ1) is 10.5. The Morgan fingerprint density at radius 2 is 2.14 bits per heavy atom. The van der Waals surface area contributed by atoms with E-state index in [9.17, 15) is 4.79 Å². The number of carbonyl (C=O) groups is 1. The largest absolute Gasteiger partial charge is 0.476 e. The Morgan fingerprint density at radius 1 is 1.32 bits per heavy atom. The first kappa shape index (κ1) is 14.0. The van der Waals surface area contributed by atoms with Gasteiger partial charge in [0.1, 0.15) is 0 Å². The van der Waals surface area contributed by atoms with E-state index in [1.165, 1.54) is 10.6 Å². The van der Waals surface area contributed by atoms with Crippen LogP contribution in [-0.4, -0.2) is 30.8 Å². The normalized spacial score (nSPS) is 10.5. The third-order valence-electron chi connectivity index (χ3n) is 3.00. The monoisotopic (exact) mass is 313 g/mol. The second kappa shape index (κ2) is 5.41. The molecule has 110 valence electrons. The fourth-order valence-electron chi connectivity index (χ4n) is 2.12. The first-order valence-corrected chi connectivity index (χ1v) is 6.70. The third kappa shape index (κ3) is 2.59. The minimum Gasteiger partial charge on any atom is -0.476 e. The molecule has 0 saturated heterocycles. The van der Waals surface area contributed by atoms with Crippen LogP contribution in [0.3, 0.4) is 0 Å². The van der Waals surface area contributed by atoms with Crippen molar-refractivity contribution in [1.82, 2.24) is 14.6 Å². The molecule has 0 fully saturated rings. The number of nitrogens with zero attached hydrogens (tertiary/aromatic N) is 3. The number of anilines is 1. The van der Waals surface area contributed by atoms with Crippen LogP contribution in [0.2, 0.25) is 0 Å². The molecule has 8 heteroatoms. The standard InChI is InChI=1S/C14H11N5O2S/c15-14(22)17-9-3-1-2-8(6-9)11-4-5-16-12-7-10(13(20)21)18-19(11)12/h1-7H,(H,20,21)(H3,15,17,22). The SMILES string of the molecule is NC(=S)Nc1cccc(-c2ccnc3cc(C(=O)O)nn23)c1. The van der Waals surface area contributed by atoms with Crippen molar-refractivity contribution in [3.63, 3.8) is 0 Å². The number of aromatic nitrogens is 3. The van der Waals surface area contributed by atoms with Crippen LogP contribution in [0.15, 0.2) is 42.6 Å². The number of carboxylic acid groups (broad SMARTS) is 1. The molecule has 0 bridgehead atoms. The van der Waals surface area contributed by atoms with E-state index in [1.807, 2.05) is 24.3 Å². The summed E-state index contributed by atoms with van der Waals surface area (Å²) in [5.74, 6) is -1.10. The van der Waals surface area contributed by atoms with Gasteiger partial charge in [-0.2, -0.15) is 5.10 Å². The molecule has 3 aromatic rings. The van der Waals surface area contributed by atoms with E-state index in [2.05, 4.69) is 15.4 Å². The van der Waals surface area contributed by atoms with Crippen LogP contribution in [0.4, 0.5) is 5.69 Å². The molecule has 7 nitrogen and oxygen atoms in total. The van der Waals surface area contributed by atoms with E-state index < -0.39 is 5.97 Å². The van der Waals surface area contributed by atoms with Crippen LogP contribution in [0.5, 0.6) is 0 Å². The zero-order valence-corrected chi connectivity index (χ0v) is 12.0. The van der Waals surface area contributed by atoms with Crippen LogP contribution in [0.25, 0.3) is 16.9 Å². The summed E-state index contributed by atoms with van der Waals surface area (Å²) < 4.78 is 1.49. The van der Waals surface area contributed by atoms with Gasteiger partial charge in [-0.1, -0.05) is 12.1 Å². The first-order valence-electron chi connectivity index (χ1n) is 6.29. The van der Waals surface area contributed by atoms with E-state index in [0.717, 1.165) is 11.3 Å². The lowest BCUT2D eigenvalue weighted by atomic mass is 10.1. The minimum atomic E-state index is -1.10. The highest BCUT2D eigenvalue weighted by Crippen LogP contribution is 2.23. The zero-order chi connectivity index (χ0) is 15.7. The Balaban J connectivity index is 2.13. The van der Waals surface area contributed by atoms with Crippen LogP contribution in [0, 0.1) is 0 Å². The molecule has 1 aromatic carbocycles. The van der Waals surface area contributed by atoms with Crippen molar-refractivity contribution in [2.45, 2.75) is 0 Å². The summed E-state index contributed by atoms with van der Waals surface area (Å²) in [5, 5.41) is 16.1. The van der Waals surface area contributed by atoms with Gasteiger partial charge in [-0.25, -0.2) is 14.3 Å². The Labute approximate surface area is 130 Å². The second-order valence-electron chi connectivity index (χ2n) is 4.50. The number of benzene rings is 1. The van der Waals surface area contributed by atoms with Gasteiger partial charge in [0.2, 0.25) is 0 Å². The maximum absolute atomic E-state index is 11.1. The number of hydrogen-bond donors (Lipinski definition) is 3. The van der Waals surface area contributed by atoms with Crippen molar-refractivity contribution in [3.05, 3.63) is 48.3 Å². The molecule has 0 aliphatic heterocycles. The molecule has 0 unspecified atom stereocenters. The maximum Gasteiger partial charge on any atom is 0.356 e. The molecule has 22 heavy (non-hydrogen) atoms. The van der Waals surface area contributed by atoms with Crippen molar-refractivity contribution in [3.8, 4) is 11.3 Å². The summed E-state index contributed by atoms with van der Waals surface area (Å²) >= 11 is 4.82.